The first kappa shape index (κ1) is 10.0. The normalized spacial score (nSPS) is 35.6. The molecule has 14 heavy (non-hydrogen) atoms. The van der Waals surface area contributed by atoms with Crippen LogP contribution in [0.15, 0.2) is 0 Å². The molecular weight excluding hydrogens is 176 g/mol. The van der Waals surface area contributed by atoms with E-state index in [9.17, 15) is 4.79 Å². The molecule has 0 aromatic heterocycles. The topological polar surface area (TPSA) is 26.3 Å². The minimum Gasteiger partial charge on any atom is -0.466 e. The molecule has 80 valence electrons. The van der Waals surface area contributed by atoms with E-state index < -0.39 is 0 Å². The molecule has 0 aliphatic heterocycles. The first-order chi connectivity index (χ1) is 6.79. The van der Waals surface area contributed by atoms with Crippen molar-refractivity contribution in [2.45, 2.75) is 45.4 Å². The van der Waals surface area contributed by atoms with Crippen LogP contribution in [0.2, 0.25) is 0 Å². The first-order valence-electron chi connectivity index (χ1n) is 5.95. The number of ether oxygens (including phenoxy) is 1. The molecule has 0 heterocycles. The number of hydrogen-bond donors (Lipinski definition) is 0. The summed E-state index contributed by atoms with van der Waals surface area (Å²) in [6.45, 7) is 2.41. The van der Waals surface area contributed by atoms with Crippen LogP contribution in [0.3, 0.4) is 0 Å². The summed E-state index contributed by atoms with van der Waals surface area (Å²) in [5.41, 5.74) is 0. The zero-order valence-corrected chi connectivity index (χ0v) is 9.00. The molecule has 2 bridgehead atoms. The zero-order chi connectivity index (χ0) is 9.97. The van der Waals surface area contributed by atoms with Crippen molar-refractivity contribution in [1.82, 2.24) is 0 Å². The molecular formula is C12H20O2. The lowest BCUT2D eigenvalue weighted by atomic mass is 9.64. The summed E-state index contributed by atoms with van der Waals surface area (Å²) in [6, 6.07) is 0. The summed E-state index contributed by atoms with van der Waals surface area (Å²) < 4.78 is 5.01. The van der Waals surface area contributed by atoms with Gasteiger partial charge in [0.25, 0.3) is 0 Å². The van der Waals surface area contributed by atoms with E-state index in [0.717, 1.165) is 11.8 Å². The highest BCUT2D eigenvalue weighted by atomic mass is 16.5. The molecule has 3 aliphatic rings. The van der Waals surface area contributed by atoms with Crippen molar-refractivity contribution in [2.75, 3.05) is 6.61 Å². The van der Waals surface area contributed by atoms with Crippen LogP contribution in [-0.4, -0.2) is 12.6 Å². The lowest BCUT2D eigenvalue weighted by molar-refractivity contribution is -0.145. The molecule has 0 saturated heterocycles. The number of carbonyl (C=O) groups excluding carboxylic acids is 1. The standard InChI is InChI=1S/C12H20O2/c1-2-14-12(13)8-11-7-9-3-5-10(11)6-4-9/h9-11H,2-8H2,1H3. The van der Waals surface area contributed by atoms with Crippen LogP contribution in [0, 0.1) is 17.8 Å². The van der Waals surface area contributed by atoms with E-state index in [1.54, 1.807) is 0 Å². The SMILES string of the molecule is CCOC(=O)CC1CC2CCC1CC2. The van der Waals surface area contributed by atoms with Gasteiger partial charge in [0.05, 0.1) is 6.61 Å². The quantitative estimate of drug-likeness (QED) is 0.649. The van der Waals surface area contributed by atoms with Gasteiger partial charge in [0.15, 0.2) is 0 Å². The first-order valence-corrected chi connectivity index (χ1v) is 5.95. The smallest absolute Gasteiger partial charge is 0.306 e. The lowest BCUT2D eigenvalue weighted by Gasteiger charge is -2.42. The number of rotatable bonds is 3. The van der Waals surface area contributed by atoms with Gasteiger partial charge in [-0.25, -0.2) is 0 Å². The highest BCUT2D eigenvalue weighted by Crippen LogP contribution is 2.46. The molecule has 3 rings (SSSR count). The van der Waals surface area contributed by atoms with E-state index in [0.29, 0.717) is 18.9 Å². The highest BCUT2D eigenvalue weighted by molar-refractivity contribution is 5.69. The van der Waals surface area contributed by atoms with Gasteiger partial charge in [-0.15, -0.1) is 0 Å². The van der Waals surface area contributed by atoms with Crippen LogP contribution in [-0.2, 0) is 9.53 Å². The second-order valence-corrected chi connectivity index (χ2v) is 4.79. The fraction of sp³-hybridized carbons (Fsp3) is 0.917. The molecule has 2 nitrogen and oxygen atoms in total. The summed E-state index contributed by atoms with van der Waals surface area (Å²) in [5, 5.41) is 0. The molecule has 0 amide bonds. The fourth-order valence-corrected chi connectivity index (χ4v) is 3.20. The van der Waals surface area contributed by atoms with E-state index in [-0.39, 0.29) is 5.97 Å². The van der Waals surface area contributed by atoms with Crippen LogP contribution in [0.25, 0.3) is 0 Å². The molecule has 0 aromatic rings. The Labute approximate surface area is 86.0 Å². The van der Waals surface area contributed by atoms with Gasteiger partial charge >= 0.3 is 5.97 Å². The zero-order valence-electron chi connectivity index (χ0n) is 9.00. The van der Waals surface area contributed by atoms with Crippen molar-refractivity contribution >= 4 is 5.97 Å². The minimum atomic E-state index is 0.0186. The predicted octanol–water partition coefficient (Wildman–Crippen LogP) is 2.77. The predicted molar refractivity (Wildman–Crippen MR) is 54.8 cm³/mol. The fourth-order valence-electron chi connectivity index (χ4n) is 3.20. The van der Waals surface area contributed by atoms with Crippen LogP contribution in [0.5, 0.6) is 0 Å². The van der Waals surface area contributed by atoms with Crippen LogP contribution in [0.4, 0.5) is 0 Å². The van der Waals surface area contributed by atoms with Crippen molar-refractivity contribution in [2.24, 2.45) is 17.8 Å². The lowest BCUT2D eigenvalue weighted by Crippen LogP contribution is -2.32. The minimum absolute atomic E-state index is 0.0186. The third-order valence-electron chi connectivity index (χ3n) is 3.93. The maximum absolute atomic E-state index is 11.4. The Kier molecular flexibility index (Phi) is 3.09. The summed E-state index contributed by atoms with van der Waals surface area (Å²) in [7, 11) is 0. The Morgan fingerprint density at radius 2 is 2.00 bits per heavy atom. The van der Waals surface area contributed by atoms with Gasteiger partial charge in [0.1, 0.15) is 0 Å². The maximum atomic E-state index is 11.4. The van der Waals surface area contributed by atoms with Crippen molar-refractivity contribution in [3.8, 4) is 0 Å². The van der Waals surface area contributed by atoms with Gasteiger partial charge in [0, 0.05) is 6.42 Å². The summed E-state index contributed by atoms with van der Waals surface area (Å²) >= 11 is 0. The van der Waals surface area contributed by atoms with E-state index >= 15 is 0 Å². The highest BCUT2D eigenvalue weighted by Gasteiger charge is 2.36. The number of esters is 1. The molecule has 0 aromatic carbocycles. The van der Waals surface area contributed by atoms with Gasteiger partial charge < -0.3 is 4.74 Å². The average molecular weight is 196 g/mol. The van der Waals surface area contributed by atoms with Crippen LogP contribution < -0.4 is 0 Å². The molecule has 0 N–H and O–H groups in total. The van der Waals surface area contributed by atoms with Gasteiger partial charge in [-0.3, -0.25) is 4.79 Å². The van der Waals surface area contributed by atoms with Crippen molar-refractivity contribution in [1.29, 1.82) is 0 Å². The van der Waals surface area contributed by atoms with E-state index in [1.807, 2.05) is 6.92 Å². The molecule has 2 heteroatoms. The number of carbonyl (C=O) groups is 1. The summed E-state index contributed by atoms with van der Waals surface area (Å²) in [6.07, 6.45) is 7.48. The molecule has 3 aliphatic carbocycles. The van der Waals surface area contributed by atoms with Gasteiger partial charge in [-0.2, -0.15) is 0 Å². The second-order valence-electron chi connectivity index (χ2n) is 4.79. The van der Waals surface area contributed by atoms with Crippen LogP contribution in [0.1, 0.15) is 45.4 Å². The van der Waals surface area contributed by atoms with Crippen molar-refractivity contribution in [3.05, 3.63) is 0 Å². The molecule has 1 unspecified atom stereocenters. The Balaban J connectivity index is 1.83. The van der Waals surface area contributed by atoms with E-state index in [1.165, 1.54) is 32.1 Å². The third kappa shape index (κ3) is 2.10. The van der Waals surface area contributed by atoms with E-state index in [4.69, 9.17) is 4.74 Å². The Morgan fingerprint density at radius 1 is 1.29 bits per heavy atom. The van der Waals surface area contributed by atoms with Gasteiger partial charge in [-0.1, -0.05) is 12.8 Å². The van der Waals surface area contributed by atoms with Crippen molar-refractivity contribution < 1.29 is 9.53 Å². The summed E-state index contributed by atoms with van der Waals surface area (Å²) in [5.74, 6) is 2.40. The molecule has 0 radical (unpaired) electrons. The van der Waals surface area contributed by atoms with Crippen LogP contribution >= 0.6 is 0 Å². The summed E-state index contributed by atoms with van der Waals surface area (Å²) in [4.78, 5) is 11.4. The number of hydrogen-bond acceptors (Lipinski definition) is 2. The Morgan fingerprint density at radius 3 is 2.50 bits per heavy atom. The molecule has 3 saturated carbocycles. The number of fused-ring (bicyclic) bond motifs is 3. The molecule has 1 atom stereocenters. The Hall–Kier alpha value is -0.530. The largest absolute Gasteiger partial charge is 0.466 e. The van der Waals surface area contributed by atoms with E-state index in [2.05, 4.69) is 0 Å². The van der Waals surface area contributed by atoms with Crippen molar-refractivity contribution in [3.63, 3.8) is 0 Å². The monoisotopic (exact) mass is 196 g/mol. The Bertz CT molecular complexity index is 204. The molecule has 3 fully saturated rings. The molecule has 0 spiro atoms. The third-order valence-corrected chi connectivity index (χ3v) is 3.93. The second kappa shape index (κ2) is 4.33. The van der Waals surface area contributed by atoms with Gasteiger partial charge in [0.2, 0.25) is 0 Å². The van der Waals surface area contributed by atoms with Gasteiger partial charge in [-0.05, 0) is 43.9 Å². The average Bonchev–Trinajstić information content (AvgIpc) is 2.19. The maximum Gasteiger partial charge on any atom is 0.306 e.